The van der Waals surface area contributed by atoms with Crippen LogP contribution in [-0.4, -0.2) is 18.0 Å². The number of aryl methyl sites for hydroxylation is 1. The van der Waals surface area contributed by atoms with Crippen molar-refractivity contribution < 1.29 is 9.59 Å². The Morgan fingerprint density at radius 3 is 2.00 bits per heavy atom. The largest absolute Gasteiger partial charge is 0.322 e. The van der Waals surface area contributed by atoms with Gasteiger partial charge in [-0.2, -0.15) is 5.10 Å². The number of carbonyl (C=O) groups excluding carboxylic acids is 2. The number of nitrogens with one attached hydrogen (secondary N) is 2. The molecule has 5 nitrogen and oxygen atoms in total. The number of benzene rings is 5. The minimum atomic E-state index is -0.331. The molecule has 0 saturated heterocycles. The minimum absolute atomic E-state index is 0.196. The summed E-state index contributed by atoms with van der Waals surface area (Å²) in [5.41, 5.74) is 6.22. The van der Waals surface area contributed by atoms with Crippen LogP contribution in [0.4, 0.5) is 5.69 Å². The van der Waals surface area contributed by atoms with Gasteiger partial charge in [0.1, 0.15) is 0 Å². The van der Waals surface area contributed by atoms with Crippen LogP contribution in [0.25, 0.3) is 21.5 Å². The lowest BCUT2D eigenvalue weighted by molar-refractivity contribution is 0.0954. The third kappa shape index (κ3) is 4.80. The molecule has 0 aromatic heterocycles. The van der Waals surface area contributed by atoms with Crippen molar-refractivity contribution in [3.63, 3.8) is 0 Å². The second-order valence-electron chi connectivity index (χ2n) is 8.33. The van der Waals surface area contributed by atoms with Crippen molar-refractivity contribution in [1.82, 2.24) is 5.43 Å². The molecule has 0 aliphatic carbocycles. The number of rotatable bonds is 5. The molecule has 0 radical (unpaired) electrons. The zero-order chi connectivity index (χ0) is 24.2. The highest BCUT2D eigenvalue weighted by atomic mass is 16.2. The van der Waals surface area contributed by atoms with E-state index in [1.807, 2.05) is 49.4 Å². The predicted octanol–water partition coefficient (Wildman–Crippen LogP) is 6.32. The van der Waals surface area contributed by atoms with Crippen molar-refractivity contribution >= 4 is 45.3 Å². The predicted molar refractivity (Wildman–Crippen MR) is 142 cm³/mol. The van der Waals surface area contributed by atoms with Crippen LogP contribution < -0.4 is 10.7 Å². The van der Waals surface area contributed by atoms with Gasteiger partial charge in [-0.25, -0.2) is 5.43 Å². The average molecular weight is 458 g/mol. The second-order valence-corrected chi connectivity index (χ2v) is 8.33. The maximum Gasteiger partial charge on any atom is 0.271 e. The van der Waals surface area contributed by atoms with Crippen LogP contribution in [0.3, 0.4) is 0 Å². The molecule has 0 unspecified atom stereocenters. The Morgan fingerprint density at radius 2 is 1.34 bits per heavy atom. The third-order valence-corrected chi connectivity index (χ3v) is 5.86. The number of amides is 2. The van der Waals surface area contributed by atoms with Crippen LogP contribution in [0.15, 0.2) is 108 Å². The fourth-order valence-corrected chi connectivity index (χ4v) is 4.10. The highest BCUT2D eigenvalue weighted by Gasteiger charge is 2.09. The molecule has 5 aromatic carbocycles. The van der Waals surface area contributed by atoms with Gasteiger partial charge in [0, 0.05) is 22.4 Å². The van der Waals surface area contributed by atoms with E-state index in [1.54, 1.807) is 36.5 Å². The van der Waals surface area contributed by atoms with E-state index in [9.17, 15) is 9.59 Å². The summed E-state index contributed by atoms with van der Waals surface area (Å²) in [6.45, 7) is 1.94. The highest BCUT2D eigenvalue weighted by molar-refractivity contribution is 6.13. The fraction of sp³-hybridized carbons (Fsp3) is 0.0333. The van der Waals surface area contributed by atoms with E-state index < -0.39 is 0 Å². The van der Waals surface area contributed by atoms with Crippen LogP contribution in [0.2, 0.25) is 0 Å². The maximum absolute atomic E-state index is 12.6. The van der Waals surface area contributed by atoms with E-state index in [2.05, 4.69) is 46.2 Å². The second kappa shape index (κ2) is 9.61. The van der Waals surface area contributed by atoms with E-state index in [0.717, 1.165) is 32.7 Å². The van der Waals surface area contributed by atoms with Crippen LogP contribution >= 0.6 is 0 Å². The molecule has 0 atom stereocenters. The van der Waals surface area contributed by atoms with E-state index in [1.165, 1.54) is 0 Å². The molecular formula is C30H23N3O2. The number of nitrogens with zero attached hydrogens (tertiary/aromatic N) is 1. The van der Waals surface area contributed by atoms with Crippen LogP contribution in [-0.2, 0) is 0 Å². The monoisotopic (exact) mass is 457 g/mol. The lowest BCUT2D eigenvalue weighted by atomic mass is 9.97. The normalized spacial score (nSPS) is 11.1. The fourth-order valence-electron chi connectivity index (χ4n) is 4.10. The first-order chi connectivity index (χ1) is 17.1. The summed E-state index contributed by atoms with van der Waals surface area (Å²) >= 11 is 0. The smallest absolute Gasteiger partial charge is 0.271 e. The number of carbonyl (C=O) groups is 2. The van der Waals surface area contributed by atoms with E-state index in [4.69, 9.17) is 0 Å². The Kier molecular flexibility index (Phi) is 6.05. The zero-order valence-corrected chi connectivity index (χ0v) is 19.2. The number of anilines is 1. The van der Waals surface area contributed by atoms with Crippen molar-refractivity contribution in [2.45, 2.75) is 6.92 Å². The maximum atomic E-state index is 12.6. The Hall–Kier alpha value is -4.77. The molecular weight excluding hydrogens is 434 g/mol. The number of hydrazone groups is 1. The molecule has 0 fully saturated rings. The molecule has 0 heterocycles. The summed E-state index contributed by atoms with van der Waals surface area (Å²) in [7, 11) is 0. The Morgan fingerprint density at radius 1 is 0.686 bits per heavy atom. The highest BCUT2D eigenvalue weighted by Crippen LogP contribution is 2.27. The first kappa shape index (κ1) is 22.0. The molecule has 2 amide bonds. The molecule has 5 heteroatoms. The standard InChI is InChI=1S/C30H23N3O2/c1-20-7-6-10-24(17-20)29(34)32-25-15-13-21(14-16-25)30(35)33-31-19-28-26-11-4-2-8-22(26)18-23-9-3-5-12-27(23)28/h2-19H,1H3,(H,32,34)(H,33,35)/b31-19-. The molecule has 0 spiro atoms. The summed E-state index contributed by atoms with van der Waals surface area (Å²) in [5.74, 6) is -0.528. The van der Waals surface area contributed by atoms with E-state index in [-0.39, 0.29) is 11.8 Å². The Bertz CT molecular complexity index is 1530. The Labute approximate surface area is 203 Å². The lowest BCUT2D eigenvalue weighted by Gasteiger charge is -2.08. The molecule has 170 valence electrons. The molecule has 5 aromatic rings. The van der Waals surface area contributed by atoms with E-state index in [0.29, 0.717) is 16.8 Å². The molecule has 0 aliphatic rings. The van der Waals surface area contributed by atoms with Gasteiger partial charge in [0.2, 0.25) is 0 Å². The molecule has 35 heavy (non-hydrogen) atoms. The zero-order valence-electron chi connectivity index (χ0n) is 19.2. The number of fused-ring (bicyclic) bond motifs is 2. The lowest BCUT2D eigenvalue weighted by Crippen LogP contribution is -2.18. The SMILES string of the molecule is Cc1cccc(C(=O)Nc2ccc(C(=O)N/N=C\c3c4ccccc4cc4ccccc34)cc2)c1. The average Bonchev–Trinajstić information content (AvgIpc) is 2.88. The van der Waals surface area contributed by atoms with Gasteiger partial charge in [-0.3, -0.25) is 9.59 Å². The van der Waals surface area contributed by atoms with Gasteiger partial charge in [-0.05, 0) is 70.9 Å². The van der Waals surface area contributed by atoms with Gasteiger partial charge >= 0.3 is 0 Å². The van der Waals surface area contributed by atoms with Gasteiger partial charge < -0.3 is 5.32 Å². The molecule has 0 saturated carbocycles. The quantitative estimate of drug-likeness (QED) is 0.184. The van der Waals surface area contributed by atoms with Gasteiger partial charge in [0.05, 0.1) is 6.21 Å². The van der Waals surface area contributed by atoms with Crippen LogP contribution in [0, 0.1) is 6.92 Å². The molecule has 0 aliphatic heterocycles. The van der Waals surface area contributed by atoms with Gasteiger partial charge in [0.15, 0.2) is 0 Å². The number of hydrogen-bond acceptors (Lipinski definition) is 3. The van der Waals surface area contributed by atoms with Crippen LogP contribution in [0.1, 0.15) is 31.8 Å². The molecule has 2 N–H and O–H groups in total. The summed E-state index contributed by atoms with van der Waals surface area (Å²) in [6.07, 6.45) is 1.69. The summed E-state index contributed by atoms with van der Waals surface area (Å²) in [6, 6.07) is 32.5. The number of hydrogen-bond donors (Lipinski definition) is 2. The molecule has 5 rings (SSSR count). The first-order valence-corrected chi connectivity index (χ1v) is 11.3. The van der Waals surface area contributed by atoms with Crippen molar-refractivity contribution in [1.29, 1.82) is 0 Å². The summed E-state index contributed by atoms with van der Waals surface area (Å²) in [5, 5.41) is 11.5. The summed E-state index contributed by atoms with van der Waals surface area (Å²) < 4.78 is 0. The van der Waals surface area contributed by atoms with Gasteiger partial charge in [0.25, 0.3) is 11.8 Å². The minimum Gasteiger partial charge on any atom is -0.322 e. The first-order valence-electron chi connectivity index (χ1n) is 11.3. The van der Waals surface area contributed by atoms with Crippen molar-refractivity contribution in [3.05, 3.63) is 125 Å². The third-order valence-electron chi connectivity index (χ3n) is 5.86. The Balaban J connectivity index is 1.30. The summed E-state index contributed by atoms with van der Waals surface area (Å²) in [4.78, 5) is 25.1. The van der Waals surface area contributed by atoms with Crippen LogP contribution in [0.5, 0.6) is 0 Å². The van der Waals surface area contributed by atoms with Crippen molar-refractivity contribution in [3.8, 4) is 0 Å². The van der Waals surface area contributed by atoms with Crippen molar-refractivity contribution in [2.24, 2.45) is 5.10 Å². The van der Waals surface area contributed by atoms with E-state index >= 15 is 0 Å². The van der Waals surface area contributed by atoms with Gasteiger partial charge in [-0.1, -0.05) is 66.2 Å². The molecule has 0 bridgehead atoms. The topological polar surface area (TPSA) is 70.6 Å². The van der Waals surface area contributed by atoms with Gasteiger partial charge in [-0.15, -0.1) is 0 Å². The van der Waals surface area contributed by atoms with Crippen molar-refractivity contribution in [2.75, 3.05) is 5.32 Å².